The predicted octanol–water partition coefficient (Wildman–Crippen LogP) is 2.43. The second kappa shape index (κ2) is 7.36. The fourth-order valence-electron chi connectivity index (χ4n) is 4.52. The van der Waals surface area contributed by atoms with E-state index in [4.69, 9.17) is 4.74 Å². The number of ether oxygens (including phenoxy) is 1. The first-order valence-corrected chi connectivity index (χ1v) is 10.7. The van der Waals surface area contributed by atoms with Crippen LogP contribution in [0.15, 0.2) is 24.3 Å². The van der Waals surface area contributed by atoms with Crippen LogP contribution in [0.5, 0.6) is 5.75 Å². The summed E-state index contributed by atoms with van der Waals surface area (Å²) in [6.07, 6.45) is 2.70. The monoisotopic (exact) mass is 389 g/mol. The second-order valence-corrected chi connectivity index (χ2v) is 8.82. The highest BCUT2D eigenvalue weighted by molar-refractivity contribution is 7.99. The van der Waals surface area contributed by atoms with Crippen molar-refractivity contribution in [1.82, 2.24) is 14.7 Å². The zero-order valence-corrected chi connectivity index (χ0v) is 16.8. The number of carbonyl (C=O) groups excluding carboxylic acids is 2. The van der Waals surface area contributed by atoms with Gasteiger partial charge in [-0.2, -0.15) is 11.8 Å². The number of likely N-dealkylation sites (N-methyl/N-ethyl adjacent to an activating group) is 1. The molecule has 1 aromatic carbocycles. The molecule has 1 aromatic rings. The number of amides is 3. The number of imide groups is 1. The molecular weight excluding hydrogens is 362 g/mol. The highest BCUT2D eigenvalue weighted by Crippen LogP contribution is 2.38. The van der Waals surface area contributed by atoms with Crippen LogP contribution < -0.4 is 4.74 Å². The average Bonchev–Trinajstić information content (AvgIpc) is 3.30. The summed E-state index contributed by atoms with van der Waals surface area (Å²) >= 11 is 2.01. The van der Waals surface area contributed by atoms with Crippen molar-refractivity contribution in [2.45, 2.75) is 37.4 Å². The van der Waals surface area contributed by atoms with Crippen LogP contribution in [0.25, 0.3) is 0 Å². The number of rotatable bonds is 4. The van der Waals surface area contributed by atoms with E-state index in [9.17, 15) is 9.59 Å². The minimum absolute atomic E-state index is 0.0359. The molecule has 0 radical (unpaired) electrons. The minimum Gasteiger partial charge on any atom is -0.497 e. The number of benzene rings is 1. The molecule has 3 heterocycles. The lowest BCUT2D eigenvalue weighted by Crippen LogP contribution is -2.57. The van der Waals surface area contributed by atoms with Crippen molar-refractivity contribution in [2.24, 2.45) is 0 Å². The first kappa shape index (κ1) is 18.6. The van der Waals surface area contributed by atoms with Gasteiger partial charge in [0.15, 0.2) is 0 Å². The third-order valence-corrected chi connectivity index (χ3v) is 7.49. The van der Waals surface area contributed by atoms with Gasteiger partial charge in [0.1, 0.15) is 11.3 Å². The van der Waals surface area contributed by atoms with Crippen LogP contribution in [0.3, 0.4) is 0 Å². The molecule has 146 valence electrons. The average molecular weight is 390 g/mol. The molecule has 0 N–H and O–H groups in total. The molecule has 3 aliphatic rings. The van der Waals surface area contributed by atoms with E-state index < -0.39 is 5.54 Å². The van der Waals surface area contributed by atoms with Gasteiger partial charge in [0.25, 0.3) is 5.91 Å². The van der Waals surface area contributed by atoms with Crippen molar-refractivity contribution in [1.29, 1.82) is 0 Å². The number of carbonyl (C=O) groups is 2. The van der Waals surface area contributed by atoms with Crippen molar-refractivity contribution in [2.75, 3.05) is 38.8 Å². The Morgan fingerprint density at radius 3 is 2.48 bits per heavy atom. The van der Waals surface area contributed by atoms with Gasteiger partial charge in [0.05, 0.1) is 13.7 Å². The summed E-state index contributed by atoms with van der Waals surface area (Å²) in [5, 5.41) is 0. The normalized spacial score (nSPS) is 25.6. The molecule has 0 aromatic heterocycles. The number of nitrogens with zero attached hydrogens (tertiary/aromatic N) is 3. The maximum atomic E-state index is 13.3. The quantitative estimate of drug-likeness (QED) is 0.741. The van der Waals surface area contributed by atoms with E-state index in [2.05, 4.69) is 4.90 Å². The Bertz CT molecular complexity index is 710. The van der Waals surface area contributed by atoms with Crippen LogP contribution in [0.4, 0.5) is 4.79 Å². The molecule has 3 aliphatic heterocycles. The molecule has 3 fully saturated rings. The third kappa shape index (κ3) is 3.21. The molecule has 0 bridgehead atoms. The first-order chi connectivity index (χ1) is 13.0. The molecule has 0 saturated carbocycles. The summed E-state index contributed by atoms with van der Waals surface area (Å²) in [6.45, 7) is 2.10. The zero-order chi connectivity index (χ0) is 19.0. The van der Waals surface area contributed by atoms with Gasteiger partial charge in [0.2, 0.25) is 0 Å². The van der Waals surface area contributed by atoms with Gasteiger partial charge in [-0.15, -0.1) is 0 Å². The molecular formula is C20H27N3O3S. The van der Waals surface area contributed by atoms with Crippen LogP contribution in [-0.2, 0) is 11.3 Å². The summed E-state index contributed by atoms with van der Waals surface area (Å²) in [6, 6.07) is 7.99. The SMILES string of the molecule is COc1ccc(CN2C(=O)N(C)C3(CCN(C4CCSC4)CC3)C2=O)cc1. The molecule has 1 atom stereocenters. The molecule has 0 aliphatic carbocycles. The van der Waals surface area contributed by atoms with E-state index >= 15 is 0 Å². The van der Waals surface area contributed by atoms with Gasteiger partial charge in [-0.25, -0.2) is 4.79 Å². The molecule has 3 amide bonds. The van der Waals surface area contributed by atoms with Crippen molar-refractivity contribution < 1.29 is 14.3 Å². The van der Waals surface area contributed by atoms with Gasteiger partial charge in [-0.1, -0.05) is 12.1 Å². The fourth-order valence-corrected chi connectivity index (χ4v) is 5.77. The van der Waals surface area contributed by atoms with Crippen LogP contribution in [0.1, 0.15) is 24.8 Å². The van der Waals surface area contributed by atoms with Crippen LogP contribution in [0.2, 0.25) is 0 Å². The van der Waals surface area contributed by atoms with Crippen molar-refractivity contribution >= 4 is 23.7 Å². The largest absolute Gasteiger partial charge is 0.497 e. The summed E-state index contributed by atoms with van der Waals surface area (Å²) in [5.74, 6) is 3.16. The Morgan fingerprint density at radius 2 is 1.89 bits per heavy atom. The minimum atomic E-state index is -0.661. The van der Waals surface area contributed by atoms with E-state index in [1.807, 2.05) is 36.0 Å². The van der Waals surface area contributed by atoms with E-state index in [0.29, 0.717) is 12.6 Å². The molecule has 4 rings (SSSR count). The predicted molar refractivity (Wildman–Crippen MR) is 106 cm³/mol. The van der Waals surface area contributed by atoms with Crippen molar-refractivity contribution in [3.05, 3.63) is 29.8 Å². The molecule has 1 unspecified atom stereocenters. The number of thioether (sulfide) groups is 1. The Morgan fingerprint density at radius 1 is 1.19 bits per heavy atom. The lowest BCUT2D eigenvalue weighted by atomic mass is 9.85. The van der Waals surface area contributed by atoms with E-state index in [1.165, 1.54) is 22.8 Å². The molecule has 3 saturated heterocycles. The van der Waals surface area contributed by atoms with Crippen molar-refractivity contribution in [3.63, 3.8) is 0 Å². The lowest BCUT2D eigenvalue weighted by molar-refractivity contribution is -0.135. The summed E-state index contributed by atoms with van der Waals surface area (Å²) in [4.78, 5) is 31.7. The highest BCUT2D eigenvalue weighted by Gasteiger charge is 2.56. The Labute approximate surface area is 164 Å². The highest BCUT2D eigenvalue weighted by atomic mass is 32.2. The van der Waals surface area contributed by atoms with Gasteiger partial charge in [-0.05, 0) is 42.7 Å². The summed E-state index contributed by atoms with van der Waals surface area (Å²) in [7, 11) is 3.41. The van der Waals surface area contributed by atoms with Gasteiger partial charge in [0, 0.05) is 31.9 Å². The zero-order valence-electron chi connectivity index (χ0n) is 16.0. The first-order valence-electron chi connectivity index (χ1n) is 9.60. The number of hydrogen-bond donors (Lipinski definition) is 0. The maximum Gasteiger partial charge on any atom is 0.327 e. The molecule has 1 spiro atoms. The number of piperidine rings is 1. The second-order valence-electron chi connectivity index (χ2n) is 7.67. The van der Waals surface area contributed by atoms with Crippen LogP contribution >= 0.6 is 11.8 Å². The summed E-state index contributed by atoms with van der Waals surface area (Å²) in [5.41, 5.74) is 0.273. The van der Waals surface area contributed by atoms with E-state index in [0.717, 1.165) is 37.2 Å². The Hall–Kier alpha value is -1.73. The molecule has 27 heavy (non-hydrogen) atoms. The van der Waals surface area contributed by atoms with Crippen LogP contribution in [0, 0.1) is 0 Å². The smallest absolute Gasteiger partial charge is 0.327 e. The Balaban J connectivity index is 1.47. The van der Waals surface area contributed by atoms with Gasteiger partial charge < -0.3 is 9.64 Å². The number of methoxy groups -OCH3 is 1. The van der Waals surface area contributed by atoms with Crippen LogP contribution in [-0.4, -0.2) is 77.0 Å². The third-order valence-electron chi connectivity index (χ3n) is 6.35. The van der Waals surface area contributed by atoms with Crippen molar-refractivity contribution in [3.8, 4) is 5.75 Å². The number of hydrogen-bond acceptors (Lipinski definition) is 5. The fraction of sp³-hybridized carbons (Fsp3) is 0.600. The van der Waals surface area contributed by atoms with Gasteiger partial charge >= 0.3 is 6.03 Å². The maximum absolute atomic E-state index is 13.3. The Kier molecular flexibility index (Phi) is 5.07. The topological polar surface area (TPSA) is 53.1 Å². The van der Waals surface area contributed by atoms with Gasteiger partial charge in [-0.3, -0.25) is 14.6 Å². The van der Waals surface area contributed by atoms with E-state index in [-0.39, 0.29) is 11.9 Å². The number of urea groups is 1. The standard InChI is InChI=1S/C20H27N3O3S/c1-21-19(25)23(13-15-3-5-17(26-2)6-4-15)18(24)20(21)8-10-22(11-9-20)16-7-12-27-14-16/h3-6,16H,7-14H2,1-2H3. The molecule has 7 heteroatoms. The number of likely N-dealkylation sites (tertiary alicyclic amines) is 1. The summed E-state index contributed by atoms with van der Waals surface area (Å²) < 4.78 is 5.18. The van der Waals surface area contributed by atoms with E-state index in [1.54, 1.807) is 19.1 Å². The lowest BCUT2D eigenvalue weighted by Gasteiger charge is -2.42. The molecule has 6 nitrogen and oxygen atoms in total.